The molecular formula is C26H24N4+2. The van der Waals surface area contributed by atoms with Crippen molar-refractivity contribution < 1.29 is 9.13 Å². The van der Waals surface area contributed by atoms with Gasteiger partial charge in [0.25, 0.3) is 0 Å². The summed E-state index contributed by atoms with van der Waals surface area (Å²) in [6, 6.07) is 26.8. The second-order valence-electron chi connectivity index (χ2n) is 8.58. The Morgan fingerprint density at radius 3 is 1.47 bits per heavy atom. The van der Waals surface area contributed by atoms with E-state index in [1.54, 1.807) is 0 Å². The topological polar surface area (TPSA) is 17.6 Å². The van der Waals surface area contributed by atoms with Gasteiger partial charge in [0, 0.05) is 11.1 Å². The number of fused-ring (bicyclic) bond motifs is 7. The first-order chi connectivity index (χ1) is 14.9. The van der Waals surface area contributed by atoms with Crippen LogP contribution in [-0.2, 0) is 26.2 Å². The van der Waals surface area contributed by atoms with Gasteiger partial charge in [-0.15, -0.1) is 0 Å². The average molecular weight is 393 g/mol. The van der Waals surface area contributed by atoms with Crippen LogP contribution in [0.15, 0.2) is 72.8 Å². The Labute approximate surface area is 175 Å². The van der Waals surface area contributed by atoms with Crippen LogP contribution in [0.2, 0.25) is 0 Å². The van der Waals surface area contributed by atoms with Gasteiger partial charge in [0.1, 0.15) is 13.1 Å². The number of aromatic nitrogens is 4. The van der Waals surface area contributed by atoms with E-state index >= 15 is 0 Å². The van der Waals surface area contributed by atoms with Gasteiger partial charge in [-0.05, 0) is 37.1 Å². The zero-order chi connectivity index (χ0) is 19.7. The molecule has 0 saturated heterocycles. The molecule has 7 rings (SSSR count). The number of hydrogen-bond acceptors (Lipinski definition) is 0. The average Bonchev–Trinajstić information content (AvgIpc) is 3.20. The van der Waals surface area contributed by atoms with Crippen LogP contribution in [0.5, 0.6) is 0 Å². The van der Waals surface area contributed by atoms with Gasteiger partial charge in [-0.1, -0.05) is 48.5 Å². The predicted octanol–water partition coefficient (Wildman–Crippen LogP) is 4.04. The number of para-hydroxylation sites is 4. The van der Waals surface area contributed by atoms with Crippen LogP contribution < -0.4 is 9.13 Å². The summed E-state index contributed by atoms with van der Waals surface area (Å²) in [5.74, 6) is 2.70. The lowest BCUT2D eigenvalue weighted by Crippen LogP contribution is -2.47. The van der Waals surface area contributed by atoms with Crippen LogP contribution in [-0.4, -0.2) is 9.13 Å². The van der Waals surface area contributed by atoms with Crippen molar-refractivity contribution >= 4 is 22.1 Å². The van der Waals surface area contributed by atoms with Crippen molar-refractivity contribution in [3.63, 3.8) is 0 Å². The highest BCUT2D eigenvalue weighted by Gasteiger charge is 2.40. The van der Waals surface area contributed by atoms with E-state index < -0.39 is 0 Å². The number of benzene rings is 3. The summed E-state index contributed by atoms with van der Waals surface area (Å²) in [6.07, 6.45) is 2.41. The van der Waals surface area contributed by atoms with Crippen LogP contribution in [0.25, 0.3) is 33.7 Å². The van der Waals surface area contributed by atoms with Gasteiger partial charge in [-0.2, -0.15) is 0 Å². The maximum absolute atomic E-state index is 2.57. The predicted molar refractivity (Wildman–Crippen MR) is 117 cm³/mol. The lowest BCUT2D eigenvalue weighted by molar-refractivity contribution is -0.687. The maximum atomic E-state index is 2.57. The fourth-order valence-electron chi connectivity index (χ4n) is 5.59. The largest absolute Gasteiger partial charge is 0.374 e. The Kier molecular flexibility index (Phi) is 3.31. The standard InChI is InChI=1S/C26H24N4/c1-2-10-20-18-30-24-14-6-4-12-22(24)28-16-8-7-15-27-21-11-3-5-13-23(21)29(17-19(20)9-1)25(27)26(28)30/h1-6,9-14H,7-8,15-18H2/q+2. The van der Waals surface area contributed by atoms with Crippen molar-refractivity contribution in [3.8, 4) is 11.6 Å². The van der Waals surface area contributed by atoms with E-state index in [0.29, 0.717) is 0 Å². The van der Waals surface area contributed by atoms with Crippen molar-refractivity contribution in [2.75, 3.05) is 0 Å². The van der Waals surface area contributed by atoms with E-state index in [9.17, 15) is 0 Å². The van der Waals surface area contributed by atoms with Crippen LogP contribution in [0.3, 0.4) is 0 Å². The lowest BCUT2D eigenvalue weighted by Gasteiger charge is -2.14. The second kappa shape index (κ2) is 6.05. The van der Waals surface area contributed by atoms with Gasteiger partial charge >= 0.3 is 11.6 Å². The molecule has 4 nitrogen and oxygen atoms in total. The molecule has 2 aliphatic heterocycles. The molecule has 0 bridgehead atoms. The molecule has 3 aromatic carbocycles. The quantitative estimate of drug-likeness (QED) is 0.347. The highest BCUT2D eigenvalue weighted by Crippen LogP contribution is 2.30. The summed E-state index contributed by atoms with van der Waals surface area (Å²) < 4.78 is 10.3. The zero-order valence-corrected chi connectivity index (χ0v) is 17.0. The van der Waals surface area contributed by atoms with E-state index in [2.05, 4.69) is 91.1 Å². The molecule has 0 aliphatic carbocycles. The Balaban J connectivity index is 1.72. The van der Waals surface area contributed by atoms with Crippen molar-refractivity contribution in [2.24, 2.45) is 0 Å². The first-order valence-corrected chi connectivity index (χ1v) is 11.0. The van der Waals surface area contributed by atoms with E-state index in [1.165, 1.54) is 57.7 Å². The minimum atomic E-state index is 0.917. The molecule has 4 heterocycles. The lowest BCUT2D eigenvalue weighted by atomic mass is 10.1. The molecule has 30 heavy (non-hydrogen) atoms. The normalized spacial score (nSPS) is 15.2. The summed E-state index contributed by atoms with van der Waals surface area (Å²) in [4.78, 5) is 0. The van der Waals surface area contributed by atoms with E-state index in [-0.39, 0.29) is 0 Å². The number of imidazole rings is 2. The van der Waals surface area contributed by atoms with Crippen molar-refractivity contribution in [2.45, 2.75) is 39.0 Å². The summed E-state index contributed by atoms with van der Waals surface area (Å²) in [5.41, 5.74) is 8.18. The summed E-state index contributed by atoms with van der Waals surface area (Å²) >= 11 is 0. The third-order valence-electron chi connectivity index (χ3n) is 6.94. The monoisotopic (exact) mass is 392 g/mol. The van der Waals surface area contributed by atoms with Crippen LogP contribution in [0.4, 0.5) is 0 Å². The molecule has 2 aromatic heterocycles. The molecule has 0 radical (unpaired) electrons. The third-order valence-corrected chi connectivity index (χ3v) is 6.94. The maximum Gasteiger partial charge on any atom is 0.374 e. The Hall–Kier alpha value is -3.40. The fraction of sp³-hybridized carbons (Fsp3) is 0.231. The molecule has 0 amide bonds. The van der Waals surface area contributed by atoms with Crippen molar-refractivity contribution in [3.05, 3.63) is 83.9 Å². The van der Waals surface area contributed by atoms with Gasteiger partial charge in [0.15, 0.2) is 22.1 Å². The van der Waals surface area contributed by atoms with Crippen LogP contribution in [0, 0.1) is 0 Å². The molecular weight excluding hydrogens is 368 g/mol. The Morgan fingerprint density at radius 1 is 0.533 bits per heavy atom. The van der Waals surface area contributed by atoms with Gasteiger partial charge in [-0.25, -0.2) is 18.3 Å². The molecule has 146 valence electrons. The Bertz CT molecular complexity index is 1340. The Morgan fingerprint density at radius 2 is 0.967 bits per heavy atom. The van der Waals surface area contributed by atoms with Gasteiger partial charge < -0.3 is 0 Å². The van der Waals surface area contributed by atoms with E-state index in [1.807, 2.05) is 0 Å². The number of rotatable bonds is 0. The van der Waals surface area contributed by atoms with E-state index in [0.717, 1.165) is 26.2 Å². The fourth-order valence-corrected chi connectivity index (χ4v) is 5.59. The SMILES string of the molecule is c1ccc2c(c1)C[n+]1c3n(c4ccccc41)CCCCn1c-3[n+](c3ccccc31)C2. The van der Waals surface area contributed by atoms with Crippen molar-refractivity contribution in [1.82, 2.24) is 9.13 Å². The number of nitrogens with zero attached hydrogens (tertiary/aromatic N) is 4. The minimum absolute atomic E-state index is 0.917. The molecule has 4 heteroatoms. The summed E-state index contributed by atoms with van der Waals surface area (Å²) in [7, 11) is 0. The van der Waals surface area contributed by atoms with Gasteiger partial charge in [0.05, 0.1) is 13.1 Å². The number of hydrogen-bond donors (Lipinski definition) is 0. The van der Waals surface area contributed by atoms with Crippen molar-refractivity contribution in [1.29, 1.82) is 0 Å². The van der Waals surface area contributed by atoms with Gasteiger partial charge in [0.2, 0.25) is 0 Å². The molecule has 2 aliphatic rings. The number of aryl methyl sites for hydroxylation is 2. The molecule has 0 fully saturated rings. The first-order valence-electron chi connectivity index (χ1n) is 11.0. The smallest absolute Gasteiger partial charge is 0.216 e. The van der Waals surface area contributed by atoms with Gasteiger partial charge in [-0.3, -0.25) is 0 Å². The molecule has 0 N–H and O–H groups in total. The molecule has 5 aromatic rings. The first kappa shape index (κ1) is 16.4. The zero-order valence-electron chi connectivity index (χ0n) is 17.0. The van der Waals surface area contributed by atoms with E-state index in [4.69, 9.17) is 0 Å². The molecule has 0 spiro atoms. The molecule has 0 unspecified atom stereocenters. The van der Waals surface area contributed by atoms with Crippen LogP contribution >= 0.6 is 0 Å². The molecule has 0 atom stereocenters. The highest BCUT2D eigenvalue weighted by atomic mass is 15.3. The third kappa shape index (κ3) is 2.11. The summed E-state index contributed by atoms with van der Waals surface area (Å²) in [5, 5.41) is 0. The van der Waals surface area contributed by atoms with Crippen LogP contribution in [0.1, 0.15) is 24.0 Å². The highest BCUT2D eigenvalue weighted by molar-refractivity contribution is 5.78. The second-order valence-corrected chi connectivity index (χ2v) is 8.58. The minimum Gasteiger partial charge on any atom is -0.216 e. The molecule has 0 saturated carbocycles. The summed E-state index contributed by atoms with van der Waals surface area (Å²) in [6.45, 7) is 3.99.